The normalized spacial score (nSPS) is 15.3. The highest BCUT2D eigenvalue weighted by molar-refractivity contribution is 5.91. The minimum Gasteiger partial charge on any atom is -0.478 e. The molecule has 1 aromatic rings. The Hall–Kier alpha value is -1.92. The zero-order valence-electron chi connectivity index (χ0n) is 13.1. The third kappa shape index (κ3) is 6.00. The molecule has 2 rings (SSSR count). The third-order valence-corrected chi connectivity index (χ3v) is 3.76. The lowest BCUT2D eigenvalue weighted by molar-refractivity contribution is -0.120. The van der Waals surface area contributed by atoms with E-state index < -0.39 is 5.97 Å². The van der Waals surface area contributed by atoms with E-state index in [1.165, 1.54) is 6.07 Å². The fourth-order valence-corrected chi connectivity index (χ4v) is 2.51. The molecule has 1 aromatic carbocycles. The molecule has 6 nitrogen and oxygen atoms in total. The van der Waals surface area contributed by atoms with Gasteiger partial charge in [-0.25, -0.2) is 4.79 Å². The predicted molar refractivity (Wildman–Crippen MR) is 84.5 cm³/mol. The fraction of sp³-hybridized carbons (Fsp3) is 0.529. The Morgan fingerprint density at radius 2 is 2.00 bits per heavy atom. The maximum atomic E-state index is 11.9. The molecule has 0 aromatic heterocycles. The zero-order chi connectivity index (χ0) is 16.5. The van der Waals surface area contributed by atoms with Gasteiger partial charge >= 0.3 is 5.97 Å². The first-order valence-corrected chi connectivity index (χ1v) is 7.94. The van der Waals surface area contributed by atoms with E-state index in [-0.39, 0.29) is 24.0 Å². The van der Waals surface area contributed by atoms with Crippen LogP contribution >= 0.6 is 0 Å². The first kappa shape index (κ1) is 17.4. The van der Waals surface area contributed by atoms with Crippen molar-refractivity contribution in [2.24, 2.45) is 0 Å². The Morgan fingerprint density at radius 1 is 1.26 bits per heavy atom. The highest BCUT2D eigenvalue weighted by atomic mass is 16.5. The number of carboxylic acids is 1. The third-order valence-electron chi connectivity index (χ3n) is 3.76. The summed E-state index contributed by atoms with van der Waals surface area (Å²) in [4.78, 5) is 23.0. The molecule has 6 heteroatoms. The Labute approximate surface area is 135 Å². The van der Waals surface area contributed by atoms with Gasteiger partial charge in [-0.05, 0) is 30.9 Å². The van der Waals surface area contributed by atoms with Crippen LogP contribution in [0, 0.1) is 0 Å². The fourth-order valence-electron chi connectivity index (χ4n) is 2.51. The van der Waals surface area contributed by atoms with Crippen molar-refractivity contribution in [3.05, 3.63) is 35.4 Å². The van der Waals surface area contributed by atoms with Gasteiger partial charge in [0.25, 0.3) is 0 Å². The summed E-state index contributed by atoms with van der Waals surface area (Å²) in [5.41, 5.74) is 0.696. The summed E-state index contributed by atoms with van der Waals surface area (Å²) < 4.78 is 11.0. The van der Waals surface area contributed by atoms with Gasteiger partial charge in [0.15, 0.2) is 0 Å². The molecule has 0 spiro atoms. The van der Waals surface area contributed by atoms with Crippen molar-refractivity contribution in [2.45, 2.75) is 31.8 Å². The van der Waals surface area contributed by atoms with Gasteiger partial charge in [-0.2, -0.15) is 0 Å². The number of benzene rings is 1. The molecular weight excluding hydrogens is 298 g/mol. The molecule has 0 atom stereocenters. The van der Waals surface area contributed by atoms with Crippen LogP contribution in [0.15, 0.2) is 24.3 Å². The summed E-state index contributed by atoms with van der Waals surface area (Å²) in [5, 5.41) is 11.9. The Morgan fingerprint density at radius 3 is 2.74 bits per heavy atom. The number of amides is 1. The van der Waals surface area contributed by atoms with Crippen LogP contribution < -0.4 is 5.32 Å². The number of hydrogen-bond donors (Lipinski definition) is 2. The van der Waals surface area contributed by atoms with E-state index in [1.807, 2.05) is 0 Å². The number of aromatic carboxylic acids is 1. The van der Waals surface area contributed by atoms with Gasteiger partial charge in [-0.15, -0.1) is 0 Å². The van der Waals surface area contributed by atoms with Gasteiger partial charge in [0.05, 0.1) is 18.1 Å². The van der Waals surface area contributed by atoms with Gasteiger partial charge in [-0.1, -0.05) is 18.2 Å². The summed E-state index contributed by atoms with van der Waals surface area (Å²) in [6, 6.07) is 6.55. The van der Waals surface area contributed by atoms with Crippen molar-refractivity contribution in [3.63, 3.8) is 0 Å². The van der Waals surface area contributed by atoms with E-state index >= 15 is 0 Å². The lowest BCUT2D eigenvalue weighted by Crippen LogP contribution is -2.28. The van der Waals surface area contributed by atoms with Crippen LogP contribution in [0.4, 0.5) is 0 Å². The maximum absolute atomic E-state index is 11.9. The minimum atomic E-state index is -1.02. The molecule has 126 valence electrons. The van der Waals surface area contributed by atoms with Gasteiger partial charge in [0.1, 0.15) is 0 Å². The molecule has 23 heavy (non-hydrogen) atoms. The van der Waals surface area contributed by atoms with Crippen LogP contribution in [-0.4, -0.2) is 49.5 Å². The maximum Gasteiger partial charge on any atom is 0.335 e. The number of carbonyl (C=O) groups excluding carboxylic acids is 1. The summed E-state index contributed by atoms with van der Waals surface area (Å²) in [6.07, 6.45) is 2.94. The van der Waals surface area contributed by atoms with E-state index in [0.29, 0.717) is 18.7 Å². The van der Waals surface area contributed by atoms with Crippen molar-refractivity contribution >= 4 is 11.9 Å². The first-order chi connectivity index (χ1) is 11.2. The zero-order valence-corrected chi connectivity index (χ0v) is 13.1. The summed E-state index contributed by atoms with van der Waals surface area (Å²) >= 11 is 0. The smallest absolute Gasteiger partial charge is 0.335 e. The van der Waals surface area contributed by atoms with Crippen LogP contribution in [0.3, 0.4) is 0 Å². The standard InChI is InChI=1S/C17H23NO5/c19-16(12-13-4-1-2-5-15(13)17(20)21)18-8-3-9-23-14-6-10-22-11-7-14/h1-2,4-5,14H,3,6-12H2,(H,18,19)(H,20,21). The van der Waals surface area contributed by atoms with Crippen molar-refractivity contribution in [3.8, 4) is 0 Å². The number of carbonyl (C=O) groups is 2. The Bertz CT molecular complexity index is 525. The second-order valence-electron chi connectivity index (χ2n) is 5.53. The SMILES string of the molecule is O=C(Cc1ccccc1C(=O)O)NCCCOC1CCOCC1. The lowest BCUT2D eigenvalue weighted by Gasteiger charge is -2.22. The molecule has 1 amide bonds. The molecule has 1 aliphatic heterocycles. The molecule has 1 fully saturated rings. The summed E-state index contributed by atoms with van der Waals surface area (Å²) in [7, 11) is 0. The van der Waals surface area contributed by atoms with E-state index in [9.17, 15) is 9.59 Å². The largest absolute Gasteiger partial charge is 0.478 e. The van der Waals surface area contributed by atoms with Gasteiger partial charge in [-0.3, -0.25) is 4.79 Å². The molecule has 0 radical (unpaired) electrons. The van der Waals surface area contributed by atoms with Gasteiger partial charge in [0.2, 0.25) is 5.91 Å². The predicted octanol–water partition coefficient (Wildman–Crippen LogP) is 1.63. The Kier molecular flexibility index (Phi) is 7.03. The van der Waals surface area contributed by atoms with Crippen LogP contribution in [0.5, 0.6) is 0 Å². The van der Waals surface area contributed by atoms with Crippen molar-refractivity contribution in [2.75, 3.05) is 26.4 Å². The van der Waals surface area contributed by atoms with E-state index in [2.05, 4.69) is 5.32 Å². The Balaban J connectivity index is 1.64. The van der Waals surface area contributed by atoms with Crippen LogP contribution in [0.1, 0.15) is 35.2 Å². The van der Waals surface area contributed by atoms with E-state index in [0.717, 1.165) is 32.5 Å². The van der Waals surface area contributed by atoms with E-state index in [1.54, 1.807) is 18.2 Å². The van der Waals surface area contributed by atoms with Crippen molar-refractivity contribution < 1.29 is 24.2 Å². The molecule has 2 N–H and O–H groups in total. The van der Waals surface area contributed by atoms with E-state index in [4.69, 9.17) is 14.6 Å². The highest BCUT2D eigenvalue weighted by Crippen LogP contribution is 2.11. The molecular formula is C17H23NO5. The molecule has 0 unspecified atom stereocenters. The monoisotopic (exact) mass is 321 g/mol. The lowest BCUT2D eigenvalue weighted by atomic mass is 10.0. The first-order valence-electron chi connectivity index (χ1n) is 7.94. The number of rotatable bonds is 8. The average Bonchev–Trinajstić information content (AvgIpc) is 2.56. The number of ether oxygens (including phenoxy) is 2. The summed E-state index contributed by atoms with van der Waals surface area (Å²) in [5.74, 6) is -1.19. The molecule has 0 aliphatic carbocycles. The topological polar surface area (TPSA) is 84.9 Å². The molecule has 1 heterocycles. The second kappa shape index (κ2) is 9.27. The quantitative estimate of drug-likeness (QED) is 0.711. The van der Waals surface area contributed by atoms with Crippen molar-refractivity contribution in [1.82, 2.24) is 5.32 Å². The van der Waals surface area contributed by atoms with Crippen LogP contribution in [0.2, 0.25) is 0 Å². The molecule has 0 bridgehead atoms. The molecule has 1 saturated heterocycles. The van der Waals surface area contributed by atoms with Crippen LogP contribution in [0.25, 0.3) is 0 Å². The average molecular weight is 321 g/mol. The number of hydrogen-bond acceptors (Lipinski definition) is 4. The minimum absolute atomic E-state index is 0.0727. The molecule has 1 aliphatic rings. The number of nitrogens with one attached hydrogen (secondary N) is 1. The summed E-state index contributed by atoms with van der Waals surface area (Å²) in [6.45, 7) is 2.64. The van der Waals surface area contributed by atoms with Crippen LogP contribution in [-0.2, 0) is 20.7 Å². The number of carboxylic acid groups (broad SMARTS) is 1. The van der Waals surface area contributed by atoms with Crippen molar-refractivity contribution in [1.29, 1.82) is 0 Å². The van der Waals surface area contributed by atoms with Gasteiger partial charge < -0.3 is 19.9 Å². The molecule has 0 saturated carbocycles. The highest BCUT2D eigenvalue weighted by Gasteiger charge is 2.14. The second-order valence-corrected chi connectivity index (χ2v) is 5.53. The van der Waals surface area contributed by atoms with Gasteiger partial charge in [0, 0.05) is 26.4 Å².